The number of halogens is 3. The fraction of sp³-hybridized carbons (Fsp3) is 0.0526. The first-order chi connectivity index (χ1) is 14.0. The van der Waals surface area contributed by atoms with Gasteiger partial charge in [-0.2, -0.15) is 0 Å². The normalized spacial score (nSPS) is 11.7. The van der Waals surface area contributed by atoms with Crippen molar-refractivity contribution < 1.29 is 0 Å². The van der Waals surface area contributed by atoms with Crippen LogP contribution >= 0.6 is 46.6 Å². The van der Waals surface area contributed by atoms with Crippen molar-refractivity contribution in [3.8, 4) is 5.69 Å². The zero-order valence-electron chi connectivity index (χ0n) is 14.7. The van der Waals surface area contributed by atoms with E-state index in [-0.39, 0.29) is 15.6 Å². The van der Waals surface area contributed by atoms with Crippen LogP contribution in [0.1, 0.15) is 0 Å². The zero-order valence-corrected chi connectivity index (χ0v) is 17.8. The molecule has 0 saturated carbocycles. The summed E-state index contributed by atoms with van der Waals surface area (Å²) in [4.78, 5) is 27.0. The molecule has 144 valence electrons. The molecule has 5 rings (SSSR count). The summed E-state index contributed by atoms with van der Waals surface area (Å²) in [7, 11) is 0. The summed E-state index contributed by atoms with van der Waals surface area (Å²) in [6, 6.07) is 10.6. The molecule has 10 heteroatoms. The number of imidazole rings is 1. The number of thioether (sulfide) groups is 1. The molecule has 3 aromatic heterocycles. The van der Waals surface area contributed by atoms with Crippen LogP contribution in [0.5, 0.6) is 0 Å². The molecule has 0 atom stereocenters. The quantitative estimate of drug-likeness (QED) is 0.264. The topological polar surface area (TPSA) is 65.1 Å². The Hall–Kier alpha value is -2.32. The van der Waals surface area contributed by atoms with Gasteiger partial charge >= 0.3 is 0 Å². The average Bonchev–Trinajstić information content (AvgIpc) is 3.08. The highest BCUT2D eigenvalue weighted by Gasteiger charge is 2.21. The molecule has 0 aliphatic heterocycles. The molecular formula is C19H10Cl3N5OS. The van der Waals surface area contributed by atoms with Gasteiger partial charge in [0.2, 0.25) is 5.78 Å². The first kappa shape index (κ1) is 18.7. The van der Waals surface area contributed by atoms with E-state index in [1.165, 1.54) is 34.7 Å². The second kappa shape index (κ2) is 6.88. The van der Waals surface area contributed by atoms with Gasteiger partial charge in [-0.15, -0.1) is 0 Å². The number of aromatic nitrogens is 5. The maximum absolute atomic E-state index is 13.5. The Kier molecular flexibility index (Phi) is 4.43. The maximum atomic E-state index is 13.5. The van der Waals surface area contributed by atoms with Gasteiger partial charge in [0.1, 0.15) is 5.39 Å². The van der Waals surface area contributed by atoms with Crippen LogP contribution in [0, 0.1) is 0 Å². The minimum absolute atomic E-state index is 0.236. The Morgan fingerprint density at radius 1 is 1.03 bits per heavy atom. The molecular weight excluding hydrogens is 453 g/mol. The van der Waals surface area contributed by atoms with Crippen molar-refractivity contribution in [3.63, 3.8) is 0 Å². The number of hydrogen-bond donors (Lipinski definition) is 0. The number of fused-ring (bicyclic) bond motifs is 5. The molecule has 0 unspecified atom stereocenters. The Balaban J connectivity index is 2.08. The van der Waals surface area contributed by atoms with Crippen LogP contribution in [0.4, 0.5) is 0 Å². The Bertz CT molecular complexity index is 1490. The van der Waals surface area contributed by atoms with E-state index in [2.05, 4.69) is 15.0 Å². The van der Waals surface area contributed by atoms with Crippen LogP contribution in [0.2, 0.25) is 15.1 Å². The number of rotatable bonds is 2. The van der Waals surface area contributed by atoms with Crippen molar-refractivity contribution in [2.45, 2.75) is 5.16 Å². The van der Waals surface area contributed by atoms with Crippen molar-refractivity contribution in [2.75, 3.05) is 6.26 Å². The van der Waals surface area contributed by atoms with Crippen LogP contribution in [-0.2, 0) is 0 Å². The fourth-order valence-electron chi connectivity index (χ4n) is 3.31. The highest BCUT2D eigenvalue weighted by molar-refractivity contribution is 7.98. The second-order valence-electron chi connectivity index (χ2n) is 6.19. The molecule has 3 heterocycles. The highest BCUT2D eigenvalue weighted by Crippen LogP contribution is 2.33. The summed E-state index contributed by atoms with van der Waals surface area (Å²) in [5, 5.41) is 1.71. The van der Waals surface area contributed by atoms with Gasteiger partial charge in [-0.25, -0.2) is 19.5 Å². The maximum Gasteiger partial charge on any atom is 0.270 e. The first-order valence-electron chi connectivity index (χ1n) is 8.37. The van der Waals surface area contributed by atoms with Crippen molar-refractivity contribution >= 4 is 74.4 Å². The van der Waals surface area contributed by atoms with Crippen molar-refractivity contribution in [1.29, 1.82) is 0 Å². The molecule has 0 fully saturated rings. The summed E-state index contributed by atoms with van der Waals surface area (Å²) in [6.45, 7) is 0. The lowest BCUT2D eigenvalue weighted by Gasteiger charge is -2.14. The van der Waals surface area contributed by atoms with E-state index in [4.69, 9.17) is 34.8 Å². The van der Waals surface area contributed by atoms with Gasteiger partial charge < -0.3 is 0 Å². The van der Waals surface area contributed by atoms with E-state index in [1.54, 1.807) is 0 Å². The van der Waals surface area contributed by atoms with E-state index >= 15 is 0 Å². The lowest BCUT2D eigenvalue weighted by Crippen LogP contribution is -2.23. The highest BCUT2D eigenvalue weighted by atomic mass is 35.5. The summed E-state index contributed by atoms with van der Waals surface area (Å²) >= 11 is 20.3. The predicted molar refractivity (Wildman–Crippen MR) is 118 cm³/mol. The Morgan fingerprint density at radius 3 is 2.48 bits per heavy atom. The summed E-state index contributed by atoms with van der Waals surface area (Å²) in [5.41, 5.74) is 1.91. The van der Waals surface area contributed by atoms with E-state index in [1.807, 2.05) is 34.9 Å². The van der Waals surface area contributed by atoms with Gasteiger partial charge in [0.25, 0.3) is 5.56 Å². The molecule has 29 heavy (non-hydrogen) atoms. The van der Waals surface area contributed by atoms with E-state index in [0.29, 0.717) is 38.2 Å². The van der Waals surface area contributed by atoms with Gasteiger partial charge in [-0.05, 0) is 30.5 Å². The summed E-state index contributed by atoms with van der Waals surface area (Å²) < 4.78 is 3.19. The number of hydrogen-bond acceptors (Lipinski definition) is 5. The molecule has 0 radical (unpaired) electrons. The summed E-state index contributed by atoms with van der Waals surface area (Å²) in [6.07, 6.45) is 3.39. The van der Waals surface area contributed by atoms with Crippen LogP contribution in [0.25, 0.3) is 33.5 Å². The van der Waals surface area contributed by atoms with E-state index in [9.17, 15) is 4.79 Å². The third-order valence-electron chi connectivity index (χ3n) is 4.52. The van der Waals surface area contributed by atoms with Crippen LogP contribution in [-0.4, -0.2) is 30.2 Å². The fourth-order valence-corrected chi connectivity index (χ4v) is 4.63. The van der Waals surface area contributed by atoms with Gasteiger partial charge in [-0.3, -0.25) is 9.20 Å². The summed E-state index contributed by atoms with van der Waals surface area (Å²) in [5.74, 6) is 0.348. The molecule has 0 saturated heterocycles. The second-order valence-corrected chi connectivity index (χ2v) is 8.21. The van der Waals surface area contributed by atoms with Crippen LogP contribution in [0.15, 0.2) is 52.5 Å². The Morgan fingerprint density at radius 2 is 1.76 bits per heavy atom. The average molecular weight is 463 g/mol. The molecule has 0 aliphatic carbocycles. The van der Waals surface area contributed by atoms with Crippen LogP contribution in [0.3, 0.4) is 0 Å². The molecule has 0 spiro atoms. The smallest absolute Gasteiger partial charge is 0.268 e. The number of para-hydroxylation sites is 2. The monoisotopic (exact) mass is 461 g/mol. The standard InChI is InChI=1S/C19H10Cl3N5OS/c1-29-18-23-8-10-16(25-18)26-14-5-3-2-4-13(14)24-19(26)27(17(10)28)15-11(21)6-9(20)7-12(15)22/h2-8H,1H3. The van der Waals surface area contributed by atoms with Crippen molar-refractivity contribution in [1.82, 2.24) is 23.9 Å². The largest absolute Gasteiger partial charge is 0.270 e. The van der Waals surface area contributed by atoms with Crippen LogP contribution < -0.4 is 5.56 Å². The Labute approximate surface area is 183 Å². The zero-order chi connectivity index (χ0) is 20.3. The minimum atomic E-state index is -0.374. The van der Waals surface area contributed by atoms with Gasteiger partial charge in [-0.1, -0.05) is 58.7 Å². The van der Waals surface area contributed by atoms with Gasteiger partial charge in [0, 0.05) is 11.2 Å². The molecule has 0 amide bonds. The third kappa shape index (κ3) is 2.80. The predicted octanol–water partition coefficient (Wildman–Crippen LogP) is 5.26. The molecule has 5 aromatic rings. The third-order valence-corrected chi connectivity index (χ3v) is 5.88. The molecule has 0 bridgehead atoms. The van der Waals surface area contributed by atoms with Gasteiger partial charge in [0.05, 0.1) is 26.8 Å². The lowest BCUT2D eigenvalue weighted by molar-refractivity contribution is 0.933. The van der Waals surface area contributed by atoms with Gasteiger partial charge in [0.15, 0.2) is 10.8 Å². The number of nitrogens with zero attached hydrogens (tertiary/aromatic N) is 5. The number of benzene rings is 2. The van der Waals surface area contributed by atoms with E-state index < -0.39 is 0 Å². The van der Waals surface area contributed by atoms with E-state index in [0.717, 1.165) is 5.52 Å². The minimum Gasteiger partial charge on any atom is -0.268 e. The van der Waals surface area contributed by atoms with Crippen molar-refractivity contribution in [3.05, 3.63) is 68.0 Å². The van der Waals surface area contributed by atoms with Crippen molar-refractivity contribution in [2.24, 2.45) is 0 Å². The SMILES string of the molecule is CSc1ncc2c(=O)n(-c3c(Cl)cc(Cl)cc3Cl)c3nc4ccccc4n3c2n1. The molecule has 0 aliphatic rings. The first-order valence-corrected chi connectivity index (χ1v) is 10.7. The lowest BCUT2D eigenvalue weighted by atomic mass is 10.3. The molecule has 2 aromatic carbocycles. The molecule has 0 N–H and O–H groups in total. The molecule has 6 nitrogen and oxygen atoms in total.